The van der Waals surface area contributed by atoms with Crippen molar-refractivity contribution in [3.05, 3.63) is 88.5 Å². The van der Waals surface area contributed by atoms with E-state index in [0.29, 0.717) is 31.0 Å². The maximum atomic E-state index is 11.8. The summed E-state index contributed by atoms with van der Waals surface area (Å²) in [4.78, 5) is 13.6. The summed E-state index contributed by atoms with van der Waals surface area (Å²) in [7, 11) is 0. The Kier molecular flexibility index (Phi) is 8.70. The van der Waals surface area contributed by atoms with Gasteiger partial charge in [-0.25, -0.2) is 0 Å². The lowest BCUT2D eigenvalue weighted by molar-refractivity contribution is -0.150. The molecule has 1 saturated heterocycles. The molecule has 1 aliphatic rings. The van der Waals surface area contributed by atoms with Gasteiger partial charge in [-0.05, 0) is 41.3 Å². The summed E-state index contributed by atoms with van der Waals surface area (Å²) in [5.74, 6) is -0.310. The summed E-state index contributed by atoms with van der Waals surface area (Å²) in [6, 6.07) is 21.1. The second kappa shape index (κ2) is 12.3. The van der Waals surface area contributed by atoms with Crippen molar-refractivity contribution in [1.29, 1.82) is 5.26 Å². The summed E-state index contributed by atoms with van der Waals surface area (Å²) in [5, 5.41) is 28.9. The number of aliphatic hydroxyl groups excluding tert-OH is 1. The minimum Gasteiger partial charge on any atom is -0.491 e. The number of carboxylic acids is 1. The number of rotatable bonds is 9. The van der Waals surface area contributed by atoms with E-state index in [1.807, 2.05) is 84.6 Å². The number of hydrogen-bond donors (Lipinski definition) is 2. The molecule has 1 fully saturated rings. The van der Waals surface area contributed by atoms with Gasteiger partial charge in [-0.1, -0.05) is 60.7 Å². The van der Waals surface area contributed by atoms with Gasteiger partial charge in [0.1, 0.15) is 24.5 Å². The van der Waals surface area contributed by atoms with E-state index >= 15 is 0 Å². The van der Waals surface area contributed by atoms with Crippen molar-refractivity contribution < 1.29 is 24.5 Å². The number of carbonyl (C=O) groups is 1. The monoisotopic (exact) mass is 498 g/mol. The predicted octanol–water partition coefficient (Wildman–Crippen LogP) is 4.36. The van der Waals surface area contributed by atoms with Crippen LogP contribution in [0, 0.1) is 18.3 Å². The molecule has 1 heterocycles. The zero-order valence-corrected chi connectivity index (χ0v) is 20.8. The normalized spacial score (nSPS) is 16.0. The lowest BCUT2D eigenvalue weighted by atomic mass is 9.95. The molecule has 1 atom stereocenters. The Morgan fingerprint density at radius 2 is 1.95 bits per heavy atom. The van der Waals surface area contributed by atoms with Crippen LogP contribution in [-0.2, 0) is 16.1 Å². The van der Waals surface area contributed by atoms with Gasteiger partial charge in [0, 0.05) is 24.2 Å². The van der Waals surface area contributed by atoms with Crippen LogP contribution in [0.15, 0.2) is 60.7 Å². The molecular weight excluding hydrogens is 468 g/mol. The summed E-state index contributed by atoms with van der Waals surface area (Å²) < 4.78 is 11.2. The molecule has 7 heteroatoms. The van der Waals surface area contributed by atoms with E-state index < -0.39 is 12.0 Å². The first-order valence-electron chi connectivity index (χ1n) is 12.2. The molecule has 0 bridgehead atoms. The van der Waals surface area contributed by atoms with Crippen molar-refractivity contribution in [3.8, 4) is 22.9 Å². The number of nitrogens with zero attached hydrogens (tertiary/aromatic N) is 2. The van der Waals surface area contributed by atoms with Gasteiger partial charge in [0.2, 0.25) is 0 Å². The molecule has 3 aromatic rings. The zero-order valence-electron chi connectivity index (χ0n) is 20.8. The Balaban J connectivity index is 1.68. The number of carboxylic acid groups (broad SMARTS) is 1. The maximum absolute atomic E-state index is 11.8. The summed E-state index contributed by atoms with van der Waals surface area (Å²) in [5.41, 5.74) is 5.99. The predicted molar refractivity (Wildman–Crippen MR) is 142 cm³/mol. The van der Waals surface area contributed by atoms with Crippen LogP contribution in [0.25, 0.3) is 23.3 Å². The van der Waals surface area contributed by atoms with Crippen LogP contribution in [0.3, 0.4) is 0 Å². The molecule has 190 valence electrons. The van der Waals surface area contributed by atoms with E-state index in [2.05, 4.69) is 6.07 Å². The van der Waals surface area contributed by atoms with Gasteiger partial charge in [-0.2, -0.15) is 5.26 Å². The topological polar surface area (TPSA) is 103 Å². The number of ether oxygens (including phenoxy) is 2. The lowest BCUT2D eigenvalue weighted by Gasteiger charge is -2.33. The Morgan fingerprint density at radius 1 is 1.16 bits per heavy atom. The highest BCUT2D eigenvalue weighted by molar-refractivity contribution is 5.81. The van der Waals surface area contributed by atoms with Crippen LogP contribution in [-0.4, -0.2) is 60.1 Å². The summed E-state index contributed by atoms with van der Waals surface area (Å²) in [6.45, 7) is 3.45. The second-order valence-corrected chi connectivity index (χ2v) is 8.87. The van der Waals surface area contributed by atoms with E-state index in [9.17, 15) is 20.3 Å². The highest BCUT2D eigenvalue weighted by Crippen LogP contribution is 2.30. The van der Waals surface area contributed by atoms with Crippen molar-refractivity contribution in [2.75, 3.05) is 33.0 Å². The van der Waals surface area contributed by atoms with Crippen LogP contribution in [0.2, 0.25) is 0 Å². The Hall–Kier alpha value is -3.96. The minimum atomic E-state index is -0.924. The number of nitriles is 1. The Morgan fingerprint density at radius 3 is 2.68 bits per heavy atom. The van der Waals surface area contributed by atoms with Crippen molar-refractivity contribution in [1.82, 2.24) is 4.90 Å². The van der Waals surface area contributed by atoms with Crippen molar-refractivity contribution >= 4 is 18.1 Å². The molecule has 37 heavy (non-hydrogen) atoms. The van der Waals surface area contributed by atoms with E-state index in [4.69, 9.17) is 9.47 Å². The highest BCUT2D eigenvalue weighted by Gasteiger charge is 2.30. The number of hydrogen-bond acceptors (Lipinski definition) is 6. The molecule has 2 N–H and O–H groups in total. The van der Waals surface area contributed by atoms with E-state index in [1.54, 1.807) is 0 Å². The fraction of sp³-hybridized carbons (Fsp3) is 0.267. The number of aliphatic carboxylic acids is 1. The van der Waals surface area contributed by atoms with Crippen LogP contribution >= 0.6 is 0 Å². The van der Waals surface area contributed by atoms with Crippen LogP contribution < -0.4 is 4.74 Å². The first kappa shape index (κ1) is 26.1. The van der Waals surface area contributed by atoms with Gasteiger partial charge in [0.05, 0.1) is 25.4 Å². The molecule has 0 radical (unpaired) electrons. The molecule has 1 aliphatic heterocycles. The molecule has 0 aliphatic carbocycles. The average Bonchev–Trinajstić information content (AvgIpc) is 2.92. The first-order valence-corrected chi connectivity index (χ1v) is 12.2. The summed E-state index contributed by atoms with van der Waals surface area (Å²) in [6.07, 6.45) is 3.90. The van der Waals surface area contributed by atoms with Crippen molar-refractivity contribution in [3.63, 3.8) is 0 Å². The van der Waals surface area contributed by atoms with Crippen LogP contribution in [0.4, 0.5) is 0 Å². The third-order valence-electron chi connectivity index (χ3n) is 6.43. The summed E-state index contributed by atoms with van der Waals surface area (Å²) >= 11 is 0. The second-order valence-electron chi connectivity index (χ2n) is 8.87. The molecule has 0 saturated carbocycles. The largest absolute Gasteiger partial charge is 0.491 e. The number of aliphatic hydroxyl groups is 1. The van der Waals surface area contributed by atoms with E-state index in [-0.39, 0.29) is 19.8 Å². The van der Waals surface area contributed by atoms with Gasteiger partial charge in [0.15, 0.2) is 0 Å². The smallest absolute Gasteiger partial charge is 0.323 e. The number of benzene rings is 3. The molecule has 3 aromatic carbocycles. The molecular formula is C30H30N2O5. The van der Waals surface area contributed by atoms with Crippen molar-refractivity contribution in [2.24, 2.45) is 0 Å². The molecule has 0 amide bonds. The number of aryl methyl sites for hydroxylation is 1. The molecule has 4 rings (SSSR count). The maximum Gasteiger partial charge on any atom is 0.323 e. The molecule has 1 unspecified atom stereocenters. The quantitative estimate of drug-likeness (QED) is 0.423. The van der Waals surface area contributed by atoms with Gasteiger partial charge in [0.25, 0.3) is 0 Å². The standard InChI is InChI=1S/C30H30N2O5/c1-21-16-29(37-15-13-33)25(19-32-12-14-36-20-28(32)30(34)35)17-24(21)11-10-23-8-5-9-26(27(23)18-31)22-6-3-2-4-7-22/h2-11,16-17,28,33H,12-15,19-20H2,1H3,(H,34,35)/b11-10+. The zero-order chi connectivity index (χ0) is 26.2. The van der Waals surface area contributed by atoms with Crippen LogP contribution in [0.5, 0.6) is 5.75 Å². The molecule has 7 nitrogen and oxygen atoms in total. The fourth-order valence-corrected chi connectivity index (χ4v) is 4.48. The number of morpholine rings is 1. The van der Waals surface area contributed by atoms with E-state index in [0.717, 1.165) is 33.4 Å². The third kappa shape index (κ3) is 6.25. The van der Waals surface area contributed by atoms with Gasteiger partial charge >= 0.3 is 5.97 Å². The minimum absolute atomic E-state index is 0.121. The third-order valence-corrected chi connectivity index (χ3v) is 6.43. The first-order chi connectivity index (χ1) is 18.0. The highest BCUT2D eigenvalue weighted by atomic mass is 16.5. The van der Waals surface area contributed by atoms with Gasteiger partial charge in [-0.15, -0.1) is 0 Å². The fourth-order valence-electron chi connectivity index (χ4n) is 4.48. The Bertz CT molecular complexity index is 1310. The lowest BCUT2D eigenvalue weighted by Crippen LogP contribution is -2.49. The van der Waals surface area contributed by atoms with Gasteiger partial charge in [-0.3, -0.25) is 9.69 Å². The van der Waals surface area contributed by atoms with Crippen molar-refractivity contribution in [2.45, 2.75) is 19.5 Å². The molecule has 0 spiro atoms. The average molecular weight is 499 g/mol. The van der Waals surface area contributed by atoms with Gasteiger partial charge < -0.3 is 19.7 Å². The van der Waals surface area contributed by atoms with E-state index in [1.165, 1.54) is 0 Å². The molecule has 0 aromatic heterocycles. The Labute approximate surface area is 216 Å². The van der Waals surface area contributed by atoms with Crippen LogP contribution in [0.1, 0.15) is 27.8 Å². The SMILES string of the molecule is Cc1cc(OCCO)c(CN2CCOCC2C(=O)O)cc1/C=C/c1cccc(-c2ccccc2)c1C#N.